The van der Waals surface area contributed by atoms with Crippen LogP contribution in [0.25, 0.3) is 0 Å². The van der Waals surface area contributed by atoms with Crippen LogP contribution in [-0.4, -0.2) is 33.8 Å². The van der Waals surface area contributed by atoms with Crippen LogP contribution < -0.4 is 5.32 Å². The van der Waals surface area contributed by atoms with E-state index in [1.165, 1.54) is 0 Å². The minimum Gasteiger partial charge on any atom is -0.345 e. The zero-order valence-electron chi connectivity index (χ0n) is 11.5. The first-order valence-electron chi connectivity index (χ1n) is 7.20. The number of rotatable bonds is 2. The normalized spacial score (nSPS) is 21.9. The van der Waals surface area contributed by atoms with Crippen molar-refractivity contribution in [2.24, 2.45) is 0 Å². The Hall–Kier alpha value is -1.91. The molecule has 2 aliphatic rings. The number of nitrogens with one attached hydrogen (secondary N) is 1. The molecule has 20 heavy (non-hydrogen) atoms. The number of aromatic nitrogens is 1. The Kier molecular flexibility index (Phi) is 3.42. The Labute approximate surface area is 118 Å². The average molecular weight is 273 g/mol. The number of hydrogen-bond acceptors (Lipinski definition) is 3. The van der Waals surface area contributed by atoms with Crippen molar-refractivity contribution in [2.45, 2.75) is 44.2 Å². The van der Waals surface area contributed by atoms with Crippen LogP contribution >= 0.6 is 0 Å². The first-order valence-corrected chi connectivity index (χ1v) is 7.20. The molecule has 2 fully saturated rings. The van der Waals surface area contributed by atoms with E-state index in [4.69, 9.17) is 0 Å². The highest BCUT2D eigenvalue weighted by Crippen LogP contribution is 2.36. The Morgan fingerprint density at radius 2 is 1.85 bits per heavy atom. The van der Waals surface area contributed by atoms with Crippen LogP contribution in [0.4, 0.5) is 0 Å². The van der Waals surface area contributed by atoms with E-state index in [2.05, 4.69) is 10.3 Å². The predicted octanol–water partition coefficient (Wildman–Crippen LogP) is 1.24. The van der Waals surface area contributed by atoms with Crippen LogP contribution in [0.1, 0.15) is 37.7 Å². The van der Waals surface area contributed by atoms with Gasteiger partial charge in [-0.05, 0) is 30.5 Å². The van der Waals surface area contributed by atoms with Crippen molar-refractivity contribution in [2.75, 3.05) is 6.54 Å². The van der Waals surface area contributed by atoms with Gasteiger partial charge in [-0.1, -0.05) is 19.3 Å². The predicted molar refractivity (Wildman–Crippen MR) is 73.6 cm³/mol. The number of amides is 2. The fourth-order valence-corrected chi connectivity index (χ4v) is 3.32. The number of pyridine rings is 1. The largest absolute Gasteiger partial charge is 0.345 e. The first kappa shape index (κ1) is 13.1. The third kappa shape index (κ3) is 2.17. The van der Waals surface area contributed by atoms with Gasteiger partial charge in [-0.15, -0.1) is 0 Å². The van der Waals surface area contributed by atoms with Gasteiger partial charge in [0.25, 0.3) is 0 Å². The van der Waals surface area contributed by atoms with Gasteiger partial charge in [-0.25, -0.2) is 0 Å². The molecule has 5 heteroatoms. The van der Waals surface area contributed by atoms with Crippen molar-refractivity contribution in [1.29, 1.82) is 0 Å². The lowest BCUT2D eigenvalue weighted by molar-refractivity contribution is -0.157. The Balaban J connectivity index is 1.90. The fraction of sp³-hybridized carbons (Fsp3) is 0.533. The Bertz CT molecular complexity index is 509. The van der Waals surface area contributed by atoms with Crippen LogP contribution in [0.15, 0.2) is 24.5 Å². The average Bonchev–Trinajstić information content (AvgIpc) is 2.50. The van der Waals surface area contributed by atoms with Crippen molar-refractivity contribution in [1.82, 2.24) is 15.2 Å². The molecule has 0 aromatic carbocycles. The summed E-state index contributed by atoms with van der Waals surface area (Å²) in [6.07, 6.45) is 8.15. The molecular formula is C15H19N3O2. The van der Waals surface area contributed by atoms with Crippen LogP contribution in [0.5, 0.6) is 0 Å². The van der Waals surface area contributed by atoms with Crippen LogP contribution in [-0.2, 0) is 16.1 Å². The lowest BCUT2D eigenvalue weighted by Crippen LogP contribution is -2.67. The molecule has 1 aromatic heterocycles. The van der Waals surface area contributed by atoms with E-state index in [0.717, 1.165) is 37.7 Å². The molecule has 2 amide bonds. The smallest absolute Gasteiger partial charge is 0.246 e. The maximum Gasteiger partial charge on any atom is 0.246 e. The monoisotopic (exact) mass is 273 g/mol. The van der Waals surface area contributed by atoms with E-state index in [-0.39, 0.29) is 18.4 Å². The minimum absolute atomic E-state index is 0.0170. The molecule has 2 heterocycles. The van der Waals surface area contributed by atoms with Crippen molar-refractivity contribution >= 4 is 11.8 Å². The van der Waals surface area contributed by atoms with Gasteiger partial charge in [-0.3, -0.25) is 14.6 Å². The maximum absolute atomic E-state index is 12.4. The van der Waals surface area contributed by atoms with Gasteiger partial charge < -0.3 is 10.2 Å². The lowest BCUT2D eigenvalue weighted by Gasteiger charge is -2.47. The van der Waals surface area contributed by atoms with Crippen LogP contribution in [0, 0.1) is 0 Å². The number of nitrogens with zero attached hydrogens (tertiary/aromatic N) is 2. The van der Waals surface area contributed by atoms with Gasteiger partial charge in [0, 0.05) is 18.9 Å². The number of piperazine rings is 1. The summed E-state index contributed by atoms with van der Waals surface area (Å²) < 4.78 is 0. The van der Waals surface area contributed by atoms with E-state index < -0.39 is 5.54 Å². The lowest BCUT2D eigenvalue weighted by atomic mass is 9.78. The third-order valence-corrected chi connectivity index (χ3v) is 4.41. The molecule has 0 bridgehead atoms. The number of carbonyl (C=O) groups is 2. The summed E-state index contributed by atoms with van der Waals surface area (Å²) in [7, 11) is 0. The molecule has 1 spiro atoms. The summed E-state index contributed by atoms with van der Waals surface area (Å²) in [6, 6.07) is 3.80. The first-order chi connectivity index (χ1) is 9.72. The molecule has 0 atom stereocenters. The Morgan fingerprint density at radius 3 is 2.55 bits per heavy atom. The van der Waals surface area contributed by atoms with E-state index in [0.29, 0.717) is 6.54 Å². The van der Waals surface area contributed by atoms with Crippen LogP contribution in [0.3, 0.4) is 0 Å². The van der Waals surface area contributed by atoms with Gasteiger partial charge in [0.05, 0.1) is 6.54 Å². The summed E-state index contributed by atoms with van der Waals surface area (Å²) >= 11 is 0. The molecular weight excluding hydrogens is 254 g/mol. The van der Waals surface area contributed by atoms with Gasteiger partial charge in [0.1, 0.15) is 5.54 Å². The molecule has 106 valence electrons. The zero-order valence-corrected chi connectivity index (χ0v) is 11.5. The molecule has 0 radical (unpaired) electrons. The number of hydrogen-bond donors (Lipinski definition) is 1. The molecule has 1 saturated carbocycles. The summed E-state index contributed by atoms with van der Waals surface area (Å²) in [5.74, 6) is 0.0363. The number of carbonyl (C=O) groups excluding carboxylic acids is 2. The van der Waals surface area contributed by atoms with Crippen molar-refractivity contribution in [3.8, 4) is 0 Å². The second-order valence-corrected chi connectivity index (χ2v) is 5.61. The maximum atomic E-state index is 12.4. The third-order valence-electron chi connectivity index (χ3n) is 4.41. The van der Waals surface area contributed by atoms with Gasteiger partial charge in [0.15, 0.2) is 0 Å². The van der Waals surface area contributed by atoms with Gasteiger partial charge >= 0.3 is 0 Å². The minimum atomic E-state index is -0.628. The second-order valence-electron chi connectivity index (χ2n) is 5.61. The van der Waals surface area contributed by atoms with E-state index >= 15 is 0 Å². The van der Waals surface area contributed by atoms with Crippen LogP contribution in [0.2, 0.25) is 0 Å². The summed E-state index contributed by atoms with van der Waals surface area (Å²) in [6.45, 7) is 0.612. The fourth-order valence-electron chi connectivity index (χ4n) is 3.32. The highest BCUT2D eigenvalue weighted by atomic mass is 16.2. The van der Waals surface area contributed by atoms with E-state index in [1.807, 2.05) is 12.1 Å². The molecule has 1 saturated heterocycles. The molecule has 3 rings (SSSR count). The highest BCUT2D eigenvalue weighted by molar-refractivity contribution is 5.98. The molecule has 1 aliphatic heterocycles. The van der Waals surface area contributed by atoms with E-state index in [1.54, 1.807) is 17.3 Å². The standard InChI is InChI=1S/C15H19N3O2/c19-13-10-17-14(20)15(6-2-1-3-7-15)18(13)11-12-4-8-16-9-5-12/h4-5,8-9H,1-3,6-7,10-11H2,(H,17,20). The topological polar surface area (TPSA) is 62.3 Å². The van der Waals surface area contributed by atoms with Crippen molar-refractivity contribution < 1.29 is 9.59 Å². The molecule has 1 aliphatic carbocycles. The quantitative estimate of drug-likeness (QED) is 0.882. The SMILES string of the molecule is O=C1CNC(=O)C2(CCCCC2)N1Cc1ccncc1. The Morgan fingerprint density at radius 1 is 1.15 bits per heavy atom. The summed E-state index contributed by atoms with van der Waals surface area (Å²) in [5.41, 5.74) is 0.393. The van der Waals surface area contributed by atoms with Gasteiger partial charge in [-0.2, -0.15) is 0 Å². The molecule has 1 aromatic rings. The van der Waals surface area contributed by atoms with E-state index in [9.17, 15) is 9.59 Å². The molecule has 1 N–H and O–H groups in total. The molecule has 5 nitrogen and oxygen atoms in total. The van der Waals surface area contributed by atoms with Gasteiger partial charge in [0.2, 0.25) is 11.8 Å². The second kappa shape index (κ2) is 5.23. The van der Waals surface area contributed by atoms with Crippen molar-refractivity contribution in [3.63, 3.8) is 0 Å². The summed E-state index contributed by atoms with van der Waals surface area (Å²) in [5, 5.41) is 2.77. The van der Waals surface area contributed by atoms with Crippen molar-refractivity contribution in [3.05, 3.63) is 30.1 Å². The highest BCUT2D eigenvalue weighted by Gasteiger charge is 2.49. The molecule has 0 unspecified atom stereocenters. The zero-order chi connectivity index (χ0) is 14.0. The summed E-state index contributed by atoms with van der Waals surface area (Å²) in [4.78, 5) is 30.5.